The summed E-state index contributed by atoms with van der Waals surface area (Å²) in [6.45, 7) is 3.72. The van der Waals surface area contributed by atoms with Crippen molar-refractivity contribution in [2.75, 3.05) is 12.8 Å². The number of hydrogen-bond acceptors (Lipinski definition) is 2. The van der Waals surface area contributed by atoms with E-state index in [0.29, 0.717) is 0 Å². The van der Waals surface area contributed by atoms with Crippen LogP contribution in [0.5, 0.6) is 0 Å². The van der Waals surface area contributed by atoms with Crippen molar-refractivity contribution in [3.05, 3.63) is 64.2 Å². The van der Waals surface area contributed by atoms with Crippen molar-refractivity contribution in [2.24, 2.45) is 0 Å². The maximum Gasteiger partial charge on any atom is 0.0471 e. The number of anilines is 1. The van der Waals surface area contributed by atoms with Gasteiger partial charge in [0.25, 0.3) is 0 Å². The van der Waals surface area contributed by atoms with Gasteiger partial charge in [-0.2, -0.15) is 0 Å². The maximum absolute atomic E-state index is 6.19. The first-order valence-electron chi connectivity index (χ1n) is 6.33. The smallest absolute Gasteiger partial charge is 0.0471 e. The molecular weight excluding hydrogens is 256 g/mol. The van der Waals surface area contributed by atoms with E-state index in [4.69, 9.17) is 17.3 Å². The molecule has 2 N–H and O–H groups in total. The highest BCUT2D eigenvalue weighted by atomic mass is 35.5. The second kappa shape index (κ2) is 6.09. The molecule has 2 aromatic rings. The number of aryl methyl sites for hydroxylation is 1. The maximum atomic E-state index is 6.19. The molecule has 0 aliphatic rings. The van der Waals surface area contributed by atoms with Crippen LogP contribution in [0.3, 0.4) is 0 Å². The molecule has 2 nitrogen and oxygen atoms in total. The minimum Gasteiger partial charge on any atom is -0.398 e. The Morgan fingerprint density at radius 2 is 1.74 bits per heavy atom. The Hall–Kier alpha value is -1.51. The van der Waals surface area contributed by atoms with Gasteiger partial charge in [-0.05, 0) is 31.7 Å². The molecule has 0 unspecified atom stereocenters. The Morgan fingerprint density at radius 3 is 2.37 bits per heavy atom. The number of benzene rings is 2. The summed E-state index contributed by atoms with van der Waals surface area (Å²) >= 11 is 6.19. The second-order valence-corrected chi connectivity index (χ2v) is 5.37. The van der Waals surface area contributed by atoms with E-state index >= 15 is 0 Å². The van der Waals surface area contributed by atoms with Crippen molar-refractivity contribution in [3.8, 4) is 0 Å². The van der Waals surface area contributed by atoms with Crippen LogP contribution in [-0.2, 0) is 13.1 Å². The lowest BCUT2D eigenvalue weighted by atomic mass is 10.1. The van der Waals surface area contributed by atoms with E-state index in [-0.39, 0.29) is 0 Å². The van der Waals surface area contributed by atoms with Crippen LogP contribution in [0.1, 0.15) is 16.7 Å². The van der Waals surface area contributed by atoms with Gasteiger partial charge >= 0.3 is 0 Å². The molecule has 0 heterocycles. The number of hydrogen-bond donors (Lipinski definition) is 1. The van der Waals surface area contributed by atoms with Crippen molar-refractivity contribution in [1.29, 1.82) is 0 Å². The fraction of sp³-hybridized carbons (Fsp3) is 0.250. The average molecular weight is 275 g/mol. The minimum atomic E-state index is 0.732. The highest BCUT2D eigenvalue weighted by Gasteiger charge is 2.08. The van der Waals surface area contributed by atoms with E-state index in [2.05, 4.69) is 43.1 Å². The zero-order chi connectivity index (χ0) is 13.8. The molecule has 0 spiro atoms. The third kappa shape index (κ3) is 3.72. The Labute approximate surface area is 119 Å². The van der Waals surface area contributed by atoms with Gasteiger partial charge in [-0.25, -0.2) is 0 Å². The van der Waals surface area contributed by atoms with Gasteiger partial charge in [0.05, 0.1) is 0 Å². The van der Waals surface area contributed by atoms with Gasteiger partial charge in [0.2, 0.25) is 0 Å². The highest BCUT2D eigenvalue weighted by Crippen LogP contribution is 2.23. The van der Waals surface area contributed by atoms with E-state index in [0.717, 1.165) is 29.4 Å². The van der Waals surface area contributed by atoms with Crippen molar-refractivity contribution in [2.45, 2.75) is 20.0 Å². The molecule has 2 rings (SSSR count). The van der Waals surface area contributed by atoms with Gasteiger partial charge in [0, 0.05) is 29.4 Å². The summed E-state index contributed by atoms with van der Waals surface area (Å²) in [5.41, 5.74) is 10.3. The van der Waals surface area contributed by atoms with Crippen LogP contribution in [0.25, 0.3) is 0 Å². The summed E-state index contributed by atoms with van der Waals surface area (Å²) in [4.78, 5) is 2.21. The summed E-state index contributed by atoms with van der Waals surface area (Å²) in [6.07, 6.45) is 0. The second-order valence-electron chi connectivity index (χ2n) is 4.97. The molecule has 2 aromatic carbocycles. The van der Waals surface area contributed by atoms with Crippen LogP contribution >= 0.6 is 11.6 Å². The van der Waals surface area contributed by atoms with E-state index in [1.165, 1.54) is 11.1 Å². The normalized spacial score (nSPS) is 10.9. The monoisotopic (exact) mass is 274 g/mol. The number of nitrogen functional groups attached to an aromatic ring is 1. The molecule has 0 radical (unpaired) electrons. The molecule has 19 heavy (non-hydrogen) atoms. The molecule has 0 fully saturated rings. The number of nitrogens with zero attached hydrogens (tertiary/aromatic N) is 1. The Bertz CT molecular complexity index is 529. The van der Waals surface area contributed by atoms with E-state index in [9.17, 15) is 0 Å². The van der Waals surface area contributed by atoms with E-state index in [1.54, 1.807) is 0 Å². The predicted molar refractivity (Wildman–Crippen MR) is 82.2 cm³/mol. The van der Waals surface area contributed by atoms with Crippen LogP contribution in [-0.4, -0.2) is 11.9 Å². The summed E-state index contributed by atoms with van der Waals surface area (Å²) in [5.74, 6) is 0. The molecule has 0 aromatic heterocycles. The Kier molecular flexibility index (Phi) is 4.46. The largest absolute Gasteiger partial charge is 0.398 e. The quantitative estimate of drug-likeness (QED) is 0.858. The SMILES string of the molecule is Cc1ccc(CN(C)Cc2c(N)cccc2Cl)cc1. The zero-order valence-electron chi connectivity index (χ0n) is 11.4. The average Bonchev–Trinajstić information content (AvgIpc) is 2.37. The number of halogens is 1. The van der Waals surface area contributed by atoms with Gasteiger partial charge in [-0.1, -0.05) is 47.5 Å². The third-order valence-corrected chi connectivity index (χ3v) is 3.51. The molecule has 0 aliphatic heterocycles. The van der Waals surface area contributed by atoms with Crippen molar-refractivity contribution < 1.29 is 0 Å². The minimum absolute atomic E-state index is 0.732. The number of rotatable bonds is 4. The summed E-state index contributed by atoms with van der Waals surface area (Å²) in [6, 6.07) is 14.2. The van der Waals surface area contributed by atoms with Crippen LogP contribution in [0.4, 0.5) is 5.69 Å². The zero-order valence-corrected chi connectivity index (χ0v) is 12.1. The number of nitrogens with two attached hydrogens (primary N) is 1. The van der Waals surface area contributed by atoms with Crippen LogP contribution < -0.4 is 5.73 Å². The van der Waals surface area contributed by atoms with Crippen molar-refractivity contribution in [3.63, 3.8) is 0 Å². The molecule has 0 aliphatic carbocycles. The van der Waals surface area contributed by atoms with Gasteiger partial charge in [0.1, 0.15) is 0 Å². The van der Waals surface area contributed by atoms with Gasteiger partial charge < -0.3 is 5.73 Å². The van der Waals surface area contributed by atoms with Crippen LogP contribution in [0, 0.1) is 6.92 Å². The van der Waals surface area contributed by atoms with E-state index in [1.807, 2.05) is 18.2 Å². The van der Waals surface area contributed by atoms with Gasteiger partial charge in [0.15, 0.2) is 0 Å². The summed E-state index contributed by atoms with van der Waals surface area (Å²) < 4.78 is 0. The molecule has 0 saturated heterocycles. The molecule has 100 valence electrons. The molecule has 0 saturated carbocycles. The fourth-order valence-electron chi connectivity index (χ4n) is 2.07. The van der Waals surface area contributed by atoms with Crippen LogP contribution in [0.15, 0.2) is 42.5 Å². The predicted octanol–water partition coefficient (Wildman–Crippen LogP) is 3.86. The Balaban J connectivity index is 2.05. The first-order valence-corrected chi connectivity index (χ1v) is 6.71. The molecule has 0 atom stereocenters. The van der Waals surface area contributed by atoms with Crippen LogP contribution in [0.2, 0.25) is 5.02 Å². The standard InChI is InChI=1S/C16H19ClN2/c1-12-6-8-13(9-7-12)10-19(2)11-14-15(17)4-3-5-16(14)18/h3-9H,10-11,18H2,1-2H3. The highest BCUT2D eigenvalue weighted by molar-refractivity contribution is 6.31. The molecular formula is C16H19ClN2. The lowest BCUT2D eigenvalue weighted by Gasteiger charge is -2.19. The molecule has 3 heteroatoms. The third-order valence-electron chi connectivity index (χ3n) is 3.16. The lowest BCUT2D eigenvalue weighted by Crippen LogP contribution is -2.18. The topological polar surface area (TPSA) is 29.3 Å². The molecule has 0 amide bonds. The molecule has 0 bridgehead atoms. The lowest BCUT2D eigenvalue weighted by molar-refractivity contribution is 0.319. The fourth-order valence-corrected chi connectivity index (χ4v) is 2.31. The van der Waals surface area contributed by atoms with Crippen molar-refractivity contribution >= 4 is 17.3 Å². The first-order chi connectivity index (χ1) is 9.06. The first kappa shape index (κ1) is 13.9. The summed E-state index contributed by atoms with van der Waals surface area (Å²) in [5, 5.41) is 0.732. The Morgan fingerprint density at radius 1 is 1.05 bits per heavy atom. The van der Waals surface area contributed by atoms with E-state index < -0.39 is 0 Å². The van der Waals surface area contributed by atoms with Gasteiger partial charge in [-0.15, -0.1) is 0 Å². The van der Waals surface area contributed by atoms with Gasteiger partial charge in [-0.3, -0.25) is 4.90 Å². The summed E-state index contributed by atoms with van der Waals surface area (Å²) in [7, 11) is 2.07. The van der Waals surface area contributed by atoms with Crippen molar-refractivity contribution in [1.82, 2.24) is 4.90 Å².